The zero-order valence-corrected chi connectivity index (χ0v) is 11.7. The molecule has 1 rings (SSSR count). The van der Waals surface area contributed by atoms with E-state index in [9.17, 15) is 4.79 Å². The van der Waals surface area contributed by atoms with Gasteiger partial charge in [-0.05, 0) is 75.9 Å². The first-order chi connectivity index (χ1) is 6.35. The summed E-state index contributed by atoms with van der Waals surface area (Å²) >= 11 is 4.22. The molecule has 1 atom stereocenters. The predicted octanol–water partition coefficient (Wildman–Crippen LogP) is 2.15. The predicted molar refractivity (Wildman–Crippen MR) is 71.1 cm³/mol. The SMILES string of the molecule is C[C@@](N)(C(=O)O)c1cc(I)ccc1I. The minimum absolute atomic E-state index is 0.650. The van der Waals surface area contributed by atoms with Gasteiger partial charge in [-0.3, -0.25) is 0 Å². The van der Waals surface area contributed by atoms with Crippen molar-refractivity contribution in [3.8, 4) is 0 Å². The zero-order valence-electron chi connectivity index (χ0n) is 7.42. The Morgan fingerprint density at radius 3 is 2.57 bits per heavy atom. The van der Waals surface area contributed by atoms with Gasteiger partial charge in [-0.25, -0.2) is 4.79 Å². The first-order valence-electron chi connectivity index (χ1n) is 3.83. The molecule has 14 heavy (non-hydrogen) atoms. The third-order valence-electron chi connectivity index (χ3n) is 1.93. The van der Waals surface area contributed by atoms with Crippen molar-refractivity contribution < 1.29 is 9.90 Å². The number of rotatable bonds is 2. The second-order valence-electron chi connectivity index (χ2n) is 3.13. The molecule has 0 unspecified atom stereocenters. The molecule has 0 bridgehead atoms. The van der Waals surface area contributed by atoms with Crippen molar-refractivity contribution >= 4 is 51.2 Å². The van der Waals surface area contributed by atoms with E-state index in [1.165, 1.54) is 6.92 Å². The molecule has 0 aliphatic carbocycles. The second kappa shape index (κ2) is 4.31. The molecule has 0 aliphatic rings. The summed E-state index contributed by atoms with van der Waals surface area (Å²) in [5.74, 6) is -1.02. The Morgan fingerprint density at radius 2 is 2.07 bits per heavy atom. The Morgan fingerprint density at radius 1 is 1.50 bits per heavy atom. The summed E-state index contributed by atoms with van der Waals surface area (Å²) < 4.78 is 1.85. The van der Waals surface area contributed by atoms with Gasteiger partial charge in [0.15, 0.2) is 0 Å². The van der Waals surface area contributed by atoms with E-state index in [0.29, 0.717) is 5.56 Å². The van der Waals surface area contributed by atoms with Crippen LogP contribution in [0.2, 0.25) is 0 Å². The molecule has 0 fully saturated rings. The fourth-order valence-electron chi connectivity index (χ4n) is 1.01. The smallest absolute Gasteiger partial charge is 0.328 e. The summed E-state index contributed by atoms with van der Waals surface area (Å²) in [7, 11) is 0. The fourth-order valence-corrected chi connectivity index (χ4v) is 2.40. The van der Waals surface area contributed by atoms with Crippen LogP contribution in [0.25, 0.3) is 0 Å². The highest BCUT2D eigenvalue weighted by atomic mass is 127. The normalized spacial score (nSPS) is 14.9. The van der Waals surface area contributed by atoms with E-state index in [-0.39, 0.29) is 0 Å². The Labute approximate surface area is 109 Å². The van der Waals surface area contributed by atoms with E-state index in [1.54, 1.807) is 6.07 Å². The third-order valence-corrected chi connectivity index (χ3v) is 3.54. The van der Waals surface area contributed by atoms with E-state index >= 15 is 0 Å². The molecule has 3 N–H and O–H groups in total. The van der Waals surface area contributed by atoms with Crippen molar-refractivity contribution in [3.63, 3.8) is 0 Å². The molecule has 76 valence electrons. The summed E-state index contributed by atoms with van der Waals surface area (Å²) in [6.45, 7) is 1.50. The van der Waals surface area contributed by atoms with E-state index < -0.39 is 11.5 Å². The van der Waals surface area contributed by atoms with Gasteiger partial charge in [-0.2, -0.15) is 0 Å². The number of nitrogens with two attached hydrogens (primary N) is 1. The molecule has 5 heteroatoms. The minimum Gasteiger partial charge on any atom is -0.480 e. The highest BCUT2D eigenvalue weighted by Gasteiger charge is 2.32. The summed E-state index contributed by atoms with van der Waals surface area (Å²) in [5.41, 5.74) is 5.07. The fraction of sp³-hybridized carbons (Fsp3) is 0.222. The summed E-state index contributed by atoms with van der Waals surface area (Å²) in [4.78, 5) is 11.0. The summed E-state index contributed by atoms with van der Waals surface area (Å²) in [6, 6.07) is 5.59. The van der Waals surface area contributed by atoms with Gasteiger partial charge in [-0.1, -0.05) is 0 Å². The summed E-state index contributed by atoms with van der Waals surface area (Å²) in [6.07, 6.45) is 0. The Kier molecular flexibility index (Phi) is 3.75. The molecule has 0 radical (unpaired) electrons. The van der Waals surface area contributed by atoms with Gasteiger partial charge in [0.2, 0.25) is 0 Å². The molecule has 0 saturated heterocycles. The number of aliphatic carboxylic acids is 1. The number of carboxylic acids is 1. The average molecular weight is 417 g/mol. The van der Waals surface area contributed by atoms with Crippen LogP contribution in [0.1, 0.15) is 12.5 Å². The third kappa shape index (κ3) is 2.37. The van der Waals surface area contributed by atoms with E-state index in [1.807, 2.05) is 12.1 Å². The Balaban J connectivity index is 3.31. The lowest BCUT2D eigenvalue weighted by Crippen LogP contribution is -2.42. The van der Waals surface area contributed by atoms with E-state index in [0.717, 1.165) is 7.14 Å². The highest BCUT2D eigenvalue weighted by Crippen LogP contribution is 2.25. The largest absolute Gasteiger partial charge is 0.480 e. The summed E-state index contributed by atoms with van der Waals surface area (Å²) in [5, 5.41) is 8.98. The standard InChI is InChI=1S/C9H9I2NO2/c1-9(12,8(13)14)6-4-5(10)2-3-7(6)11/h2-4H,12H2,1H3,(H,13,14)/t9-/m0/s1. The van der Waals surface area contributed by atoms with Gasteiger partial charge in [0.05, 0.1) is 0 Å². The Hall–Kier alpha value is 0.110. The maximum atomic E-state index is 11.0. The quantitative estimate of drug-likeness (QED) is 0.726. The van der Waals surface area contributed by atoms with Crippen LogP contribution >= 0.6 is 45.2 Å². The number of hydrogen-bond donors (Lipinski definition) is 2. The molecular weight excluding hydrogens is 408 g/mol. The molecule has 0 saturated carbocycles. The molecule has 0 spiro atoms. The number of benzene rings is 1. The lowest BCUT2D eigenvalue weighted by Gasteiger charge is -2.21. The van der Waals surface area contributed by atoms with Crippen LogP contribution in [0.4, 0.5) is 0 Å². The molecule has 0 heterocycles. The first-order valence-corrected chi connectivity index (χ1v) is 5.99. The molecule has 0 aliphatic heterocycles. The van der Waals surface area contributed by atoms with Gasteiger partial charge >= 0.3 is 5.97 Å². The van der Waals surface area contributed by atoms with Crippen molar-refractivity contribution in [1.82, 2.24) is 0 Å². The number of hydrogen-bond acceptors (Lipinski definition) is 2. The first kappa shape index (κ1) is 12.2. The van der Waals surface area contributed by atoms with Gasteiger partial charge in [0.25, 0.3) is 0 Å². The van der Waals surface area contributed by atoms with Gasteiger partial charge in [0.1, 0.15) is 5.54 Å². The molecule has 0 aromatic heterocycles. The second-order valence-corrected chi connectivity index (χ2v) is 5.54. The van der Waals surface area contributed by atoms with Crippen LogP contribution in [0.5, 0.6) is 0 Å². The number of halogens is 2. The highest BCUT2D eigenvalue weighted by molar-refractivity contribution is 14.1. The molecule has 0 amide bonds. The van der Waals surface area contributed by atoms with E-state index in [2.05, 4.69) is 45.2 Å². The lowest BCUT2D eigenvalue weighted by atomic mass is 9.94. The monoisotopic (exact) mass is 417 g/mol. The van der Waals surface area contributed by atoms with Crippen molar-refractivity contribution in [3.05, 3.63) is 30.9 Å². The molecular formula is C9H9I2NO2. The topological polar surface area (TPSA) is 63.3 Å². The lowest BCUT2D eigenvalue weighted by molar-refractivity contribution is -0.143. The van der Waals surface area contributed by atoms with Crippen LogP contribution in [-0.2, 0) is 10.3 Å². The maximum Gasteiger partial charge on any atom is 0.328 e. The van der Waals surface area contributed by atoms with Crippen molar-refractivity contribution in [2.24, 2.45) is 5.73 Å². The van der Waals surface area contributed by atoms with Gasteiger partial charge in [0, 0.05) is 7.14 Å². The molecule has 1 aromatic carbocycles. The molecule has 1 aromatic rings. The van der Waals surface area contributed by atoms with Gasteiger partial charge in [-0.15, -0.1) is 0 Å². The maximum absolute atomic E-state index is 11.0. The Bertz CT molecular complexity index is 377. The van der Waals surface area contributed by atoms with E-state index in [4.69, 9.17) is 10.8 Å². The van der Waals surface area contributed by atoms with Crippen LogP contribution in [0.15, 0.2) is 18.2 Å². The average Bonchev–Trinajstić information content (AvgIpc) is 2.08. The molecule has 3 nitrogen and oxygen atoms in total. The van der Waals surface area contributed by atoms with Crippen LogP contribution in [0, 0.1) is 7.14 Å². The van der Waals surface area contributed by atoms with Crippen LogP contribution in [-0.4, -0.2) is 11.1 Å². The van der Waals surface area contributed by atoms with Crippen molar-refractivity contribution in [2.45, 2.75) is 12.5 Å². The minimum atomic E-state index is -1.32. The number of carboxylic acid groups (broad SMARTS) is 1. The van der Waals surface area contributed by atoms with Gasteiger partial charge < -0.3 is 10.8 Å². The van der Waals surface area contributed by atoms with Crippen molar-refractivity contribution in [2.75, 3.05) is 0 Å². The van der Waals surface area contributed by atoms with Crippen LogP contribution in [0.3, 0.4) is 0 Å². The van der Waals surface area contributed by atoms with Crippen LogP contribution < -0.4 is 5.73 Å². The number of carbonyl (C=O) groups is 1. The van der Waals surface area contributed by atoms with Crippen molar-refractivity contribution in [1.29, 1.82) is 0 Å². The zero-order chi connectivity index (χ0) is 10.9.